The van der Waals surface area contributed by atoms with Crippen molar-refractivity contribution in [3.05, 3.63) is 0 Å². The first-order chi connectivity index (χ1) is 4.88. The van der Waals surface area contributed by atoms with E-state index in [4.69, 9.17) is 0 Å². The molecule has 6 heteroatoms. The van der Waals surface area contributed by atoms with E-state index in [2.05, 4.69) is 0 Å². The van der Waals surface area contributed by atoms with E-state index >= 15 is 0 Å². The Labute approximate surface area is 61.2 Å². The highest BCUT2D eigenvalue weighted by atomic mass is 19.4. The molecular formula is C5H7F3NO2. The Hall–Kier alpha value is -0.780. The van der Waals surface area contributed by atoms with E-state index < -0.39 is 18.3 Å². The van der Waals surface area contributed by atoms with Crippen molar-refractivity contribution in [3.8, 4) is 0 Å². The SMILES string of the molecule is CCC([O])NC(=O)C(F)(F)F. The molecule has 0 aromatic rings. The van der Waals surface area contributed by atoms with Crippen molar-refractivity contribution in [2.75, 3.05) is 0 Å². The van der Waals surface area contributed by atoms with Crippen LogP contribution < -0.4 is 5.32 Å². The summed E-state index contributed by atoms with van der Waals surface area (Å²) in [6.07, 6.45) is -6.70. The van der Waals surface area contributed by atoms with Crippen LogP contribution in [0.2, 0.25) is 0 Å². The Balaban J connectivity index is 3.88. The third-order valence-corrected chi connectivity index (χ3v) is 0.920. The van der Waals surface area contributed by atoms with Crippen LogP contribution in [0.3, 0.4) is 0 Å². The van der Waals surface area contributed by atoms with E-state index in [0.29, 0.717) is 0 Å². The lowest BCUT2D eigenvalue weighted by Crippen LogP contribution is -2.42. The number of hydrogen-bond donors (Lipinski definition) is 1. The maximum atomic E-state index is 11.4. The van der Waals surface area contributed by atoms with Gasteiger partial charge in [-0.05, 0) is 6.42 Å². The summed E-state index contributed by atoms with van der Waals surface area (Å²) in [7, 11) is 0. The molecule has 0 saturated heterocycles. The second kappa shape index (κ2) is 3.56. The van der Waals surface area contributed by atoms with Crippen molar-refractivity contribution in [3.63, 3.8) is 0 Å². The van der Waals surface area contributed by atoms with E-state index in [9.17, 15) is 23.1 Å². The lowest BCUT2D eigenvalue weighted by molar-refractivity contribution is -0.177. The summed E-state index contributed by atoms with van der Waals surface area (Å²) in [4.78, 5) is 10.00. The molecule has 1 unspecified atom stereocenters. The predicted molar refractivity (Wildman–Crippen MR) is 29.0 cm³/mol. The van der Waals surface area contributed by atoms with Gasteiger partial charge in [0.15, 0.2) is 6.23 Å². The van der Waals surface area contributed by atoms with Crippen LogP contribution in [0.15, 0.2) is 0 Å². The number of hydrogen-bond acceptors (Lipinski definition) is 1. The van der Waals surface area contributed by atoms with Gasteiger partial charge in [-0.3, -0.25) is 4.79 Å². The average molecular weight is 170 g/mol. The fraction of sp³-hybridized carbons (Fsp3) is 0.800. The van der Waals surface area contributed by atoms with Crippen LogP contribution in [0.25, 0.3) is 0 Å². The molecular weight excluding hydrogens is 163 g/mol. The molecule has 0 saturated carbocycles. The fourth-order valence-corrected chi connectivity index (χ4v) is 0.330. The standard InChI is InChI=1S/C5H7F3NO2/c1-2-3(10)9-4(11)5(6,7)8/h3H,2H2,1H3,(H,9,11). The summed E-state index contributed by atoms with van der Waals surface area (Å²) < 4.78 is 34.2. The molecule has 11 heavy (non-hydrogen) atoms. The van der Waals surface area contributed by atoms with Gasteiger partial charge in [-0.1, -0.05) is 6.92 Å². The minimum absolute atomic E-state index is 0.0676. The lowest BCUT2D eigenvalue weighted by atomic mass is 10.4. The van der Waals surface area contributed by atoms with E-state index in [1.807, 2.05) is 0 Å². The Morgan fingerprint density at radius 2 is 2.00 bits per heavy atom. The monoisotopic (exact) mass is 170 g/mol. The molecule has 0 rings (SSSR count). The predicted octanol–water partition coefficient (Wildman–Crippen LogP) is 0.831. The maximum absolute atomic E-state index is 11.4. The third-order valence-electron chi connectivity index (χ3n) is 0.920. The number of amides is 1. The number of alkyl halides is 3. The minimum Gasteiger partial charge on any atom is -0.320 e. The van der Waals surface area contributed by atoms with Gasteiger partial charge in [0.25, 0.3) is 0 Å². The zero-order valence-corrected chi connectivity index (χ0v) is 5.73. The summed E-state index contributed by atoms with van der Waals surface area (Å²) >= 11 is 0. The molecule has 0 aliphatic carbocycles. The van der Waals surface area contributed by atoms with E-state index in [1.54, 1.807) is 0 Å². The first-order valence-electron chi connectivity index (χ1n) is 2.91. The van der Waals surface area contributed by atoms with Crippen LogP contribution >= 0.6 is 0 Å². The molecule has 0 aliphatic heterocycles. The molecule has 1 atom stereocenters. The lowest BCUT2D eigenvalue weighted by Gasteiger charge is -2.09. The van der Waals surface area contributed by atoms with Crippen molar-refractivity contribution in [1.82, 2.24) is 5.32 Å². The van der Waals surface area contributed by atoms with Crippen molar-refractivity contribution in [2.24, 2.45) is 0 Å². The van der Waals surface area contributed by atoms with Crippen LogP contribution in [-0.2, 0) is 9.90 Å². The van der Waals surface area contributed by atoms with E-state index in [1.165, 1.54) is 12.2 Å². The van der Waals surface area contributed by atoms with Gasteiger partial charge < -0.3 is 5.32 Å². The summed E-state index contributed by atoms with van der Waals surface area (Å²) in [5, 5.41) is 11.6. The van der Waals surface area contributed by atoms with Gasteiger partial charge in [0.05, 0.1) is 0 Å². The normalized spacial score (nSPS) is 14.3. The zero-order valence-electron chi connectivity index (χ0n) is 5.73. The number of carbonyl (C=O) groups is 1. The zero-order chi connectivity index (χ0) is 9.07. The third kappa shape index (κ3) is 3.82. The van der Waals surface area contributed by atoms with Gasteiger partial charge in [-0.25, -0.2) is 5.11 Å². The summed E-state index contributed by atoms with van der Waals surface area (Å²) in [5.74, 6) is -2.18. The molecule has 1 amide bonds. The van der Waals surface area contributed by atoms with Gasteiger partial charge >= 0.3 is 12.1 Å². The van der Waals surface area contributed by atoms with Gasteiger partial charge in [0, 0.05) is 0 Å². The second-order valence-electron chi connectivity index (χ2n) is 1.87. The van der Waals surface area contributed by atoms with Crippen molar-refractivity contribution < 1.29 is 23.1 Å². The van der Waals surface area contributed by atoms with Gasteiger partial charge in [0.2, 0.25) is 0 Å². The Kier molecular flexibility index (Phi) is 3.31. The van der Waals surface area contributed by atoms with Crippen LogP contribution in [0.4, 0.5) is 13.2 Å². The number of nitrogens with one attached hydrogen (secondary N) is 1. The second-order valence-corrected chi connectivity index (χ2v) is 1.87. The first-order valence-corrected chi connectivity index (χ1v) is 2.91. The van der Waals surface area contributed by atoms with Crippen molar-refractivity contribution in [2.45, 2.75) is 25.7 Å². The molecule has 65 valence electrons. The molecule has 0 aromatic carbocycles. The smallest absolute Gasteiger partial charge is 0.320 e. The molecule has 0 aliphatic rings. The first kappa shape index (κ1) is 10.2. The van der Waals surface area contributed by atoms with Crippen LogP contribution in [0.5, 0.6) is 0 Å². The summed E-state index contributed by atoms with van der Waals surface area (Å²) in [6.45, 7) is 1.38. The molecule has 3 nitrogen and oxygen atoms in total. The molecule has 0 fully saturated rings. The van der Waals surface area contributed by atoms with Gasteiger partial charge in [0.1, 0.15) is 0 Å². The van der Waals surface area contributed by atoms with Gasteiger partial charge in [-0.15, -0.1) is 0 Å². The Morgan fingerprint density at radius 3 is 2.27 bits per heavy atom. The summed E-state index contributed by atoms with van der Waals surface area (Å²) in [5.41, 5.74) is 0. The van der Waals surface area contributed by atoms with Crippen molar-refractivity contribution in [1.29, 1.82) is 0 Å². The molecule has 0 aromatic heterocycles. The van der Waals surface area contributed by atoms with E-state index in [-0.39, 0.29) is 6.42 Å². The Morgan fingerprint density at radius 1 is 1.55 bits per heavy atom. The highest BCUT2D eigenvalue weighted by Crippen LogP contribution is 2.14. The highest BCUT2D eigenvalue weighted by molar-refractivity contribution is 5.81. The molecule has 0 heterocycles. The average Bonchev–Trinajstić information content (AvgIpc) is 1.85. The van der Waals surface area contributed by atoms with Crippen LogP contribution in [0, 0.1) is 0 Å². The van der Waals surface area contributed by atoms with Crippen LogP contribution in [-0.4, -0.2) is 18.3 Å². The van der Waals surface area contributed by atoms with E-state index in [0.717, 1.165) is 0 Å². The topological polar surface area (TPSA) is 49.0 Å². The molecule has 0 bridgehead atoms. The largest absolute Gasteiger partial charge is 0.471 e. The summed E-state index contributed by atoms with van der Waals surface area (Å²) in [6, 6.07) is 0. The highest BCUT2D eigenvalue weighted by Gasteiger charge is 2.39. The molecule has 1 radical (unpaired) electrons. The maximum Gasteiger partial charge on any atom is 0.471 e. The van der Waals surface area contributed by atoms with Crippen LogP contribution in [0.1, 0.15) is 13.3 Å². The fourth-order valence-electron chi connectivity index (χ4n) is 0.330. The number of rotatable bonds is 2. The minimum atomic E-state index is -4.96. The number of carbonyl (C=O) groups excluding carboxylic acids is 1. The number of halogens is 3. The quantitative estimate of drug-likeness (QED) is 0.613. The molecule has 0 spiro atoms. The van der Waals surface area contributed by atoms with Crippen molar-refractivity contribution >= 4 is 5.91 Å². The Bertz CT molecular complexity index is 145. The molecule has 1 N–H and O–H groups in total. The van der Waals surface area contributed by atoms with Gasteiger partial charge in [-0.2, -0.15) is 13.2 Å².